The fourth-order valence-corrected chi connectivity index (χ4v) is 5.05. The molecule has 1 aromatic heterocycles. The van der Waals surface area contributed by atoms with Gasteiger partial charge in [0.2, 0.25) is 0 Å². The van der Waals surface area contributed by atoms with Crippen molar-refractivity contribution in [3.63, 3.8) is 0 Å². The van der Waals surface area contributed by atoms with E-state index in [0.717, 1.165) is 21.9 Å². The van der Waals surface area contributed by atoms with Gasteiger partial charge in [-0.15, -0.1) is 0 Å². The molecular formula is C26H17ClO. The Labute approximate surface area is 168 Å². The molecule has 1 nitrogen and oxygen atoms in total. The second-order valence-electron chi connectivity index (χ2n) is 7.65. The fourth-order valence-electron chi connectivity index (χ4n) is 4.84. The summed E-state index contributed by atoms with van der Waals surface area (Å²) in [6.07, 6.45) is 0. The molecule has 0 bridgehead atoms. The summed E-state index contributed by atoms with van der Waals surface area (Å²) < 4.78 is 6.04. The van der Waals surface area contributed by atoms with Crippen LogP contribution in [0, 0.1) is 0 Å². The van der Waals surface area contributed by atoms with Crippen LogP contribution in [-0.2, 0) is 5.41 Å². The Morgan fingerprint density at radius 2 is 1.39 bits per heavy atom. The smallest absolute Gasteiger partial charge is 0.153 e. The highest BCUT2D eigenvalue weighted by Crippen LogP contribution is 2.52. The number of rotatable bonds is 1. The van der Waals surface area contributed by atoms with Crippen molar-refractivity contribution in [3.05, 3.63) is 107 Å². The minimum atomic E-state index is -0.205. The summed E-state index contributed by atoms with van der Waals surface area (Å²) in [6, 6.07) is 29.9. The van der Waals surface area contributed by atoms with Crippen LogP contribution in [0.4, 0.5) is 0 Å². The van der Waals surface area contributed by atoms with Gasteiger partial charge < -0.3 is 4.42 Å². The number of para-hydroxylation sites is 1. The van der Waals surface area contributed by atoms with Gasteiger partial charge in [-0.2, -0.15) is 0 Å². The lowest BCUT2D eigenvalue weighted by molar-refractivity contribution is 0.667. The lowest BCUT2D eigenvalue weighted by Crippen LogP contribution is -2.22. The fraction of sp³-hybridized carbons (Fsp3) is 0.0769. The molecule has 0 amide bonds. The molecule has 5 aromatic rings. The summed E-state index contributed by atoms with van der Waals surface area (Å²) in [5.41, 5.74) is 8.02. The molecule has 6 rings (SSSR count). The van der Waals surface area contributed by atoms with Crippen molar-refractivity contribution < 1.29 is 4.42 Å². The van der Waals surface area contributed by atoms with Crippen LogP contribution in [0.15, 0.2) is 89.3 Å². The Morgan fingerprint density at radius 1 is 0.714 bits per heavy atom. The molecule has 0 atom stereocenters. The Bertz CT molecular complexity index is 1350. The molecule has 0 N–H and O–H groups in total. The summed E-state index contributed by atoms with van der Waals surface area (Å²) in [7, 11) is 0. The molecular weight excluding hydrogens is 364 g/mol. The molecule has 0 spiro atoms. The lowest BCUT2D eigenvalue weighted by Gasteiger charge is -2.28. The van der Waals surface area contributed by atoms with Gasteiger partial charge in [0, 0.05) is 16.2 Å². The number of furan rings is 1. The van der Waals surface area contributed by atoms with E-state index < -0.39 is 0 Å². The van der Waals surface area contributed by atoms with Crippen molar-refractivity contribution in [3.8, 4) is 11.1 Å². The molecule has 0 aliphatic heterocycles. The summed E-state index contributed by atoms with van der Waals surface area (Å²) in [6.45, 7) is 2.33. The Kier molecular flexibility index (Phi) is 3.14. The zero-order chi connectivity index (χ0) is 18.9. The van der Waals surface area contributed by atoms with Crippen LogP contribution >= 0.6 is 11.6 Å². The predicted octanol–water partition coefficient (Wildman–Crippen LogP) is 7.57. The van der Waals surface area contributed by atoms with E-state index in [1.807, 2.05) is 12.1 Å². The van der Waals surface area contributed by atoms with Crippen LogP contribution in [-0.4, -0.2) is 0 Å². The van der Waals surface area contributed by atoms with Gasteiger partial charge in [-0.1, -0.05) is 78.3 Å². The molecule has 134 valence electrons. The average molecular weight is 381 g/mol. The third kappa shape index (κ3) is 1.92. The number of hydrogen-bond acceptors (Lipinski definition) is 1. The van der Waals surface area contributed by atoms with E-state index in [-0.39, 0.29) is 5.41 Å². The maximum Gasteiger partial charge on any atom is 0.153 e. The van der Waals surface area contributed by atoms with Crippen LogP contribution in [0.25, 0.3) is 33.1 Å². The van der Waals surface area contributed by atoms with Crippen molar-refractivity contribution in [2.24, 2.45) is 0 Å². The van der Waals surface area contributed by atoms with E-state index in [4.69, 9.17) is 16.0 Å². The van der Waals surface area contributed by atoms with E-state index in [9.17, 15) is 0 Å². The van der Waals surface area contributed by atoms with Gasteiger partial charge in [0.15, 0.2) is 5.58 Å². The average Bonchev–Trinajstić information content (AvgIpc) is 3.24. The largest absolute Gasteiger partial charge is 0.454 e. The third-order valence-corrected chi connectivity index (χ3v) is 6.55. The quantitative estimate of drug-likeness (QED) is 0.292. The minimum Gasteiger partial charge on any atom is -0.454 e. The molecule has 0 saturated carbocycles. The summed E-state index contributed by atoms with van der Waals surface area (Å²) in [5, 5.41) is 2.82. The first-order chi connectivity index (χ1) is 13.7. The Hall–Kier alpha value is -3.03. The van der Waals surface area contributed by atoms with Gasteiger partial charge in [0.1, 0.15) is 5.58 Å². The van der Waals surface area contributed by atoms with Crippen LogP contribution < -0.4 is 0 Å². The molecule has 4 aromatic carbocycles. The molecule has 1 heterocycles. The van der Waals surface area contributed by atoms with E-state index in [0.29, 0.717) is 5.02 Å². The number of benzene rings is 4. The van der Waals surface area contributed by atoms with Gasteiger partial charge in [-0.05, 0) is 52.9 Å². The van der Waals surface area contributed by atoms with Crippen LogP contribution in [0.3, 0.4) is 0 Å². The zero-order valence-corrected chi connectivity index (χ0v) is 16.1. The highest BCUT2D eigenvalue weighted by Gasteiger charge is 2.40. The van der Waals surface area contributed by atoms with Crippen molar-refractivity contribution in [2.75, 3.05) is 0 Å². The Balaban J connectivity index is 1.69. The summed E-state index contributed by atoms with van der Waals surface area (Å²) >= 11 is 6.36. The van der Waals surface area contributed by atoms with E-state index in [1.54, 1.807) is 0 Å². The first-order valence-electron chi connectivity index (χ1n) is 9.48. The van der Waals surface area contributed by atoms with Gasteiger partial charge in [0.05, 0.1) is 5.02 Å². The maximum absolute atomic E-state index is 6.36. The molecule has 28 heavy (non-hydrogen) atoms. The Morgan fingerprint density at radius 3 is 2.11 bits per heavy atom. The maximum atomic E-state index is 6.36. The van der Waals surface area contributed by atoms with Crippen molar-refractivity contribution in [1.29, 1.82) is 0 Å². The molecule has 1 aliphatic carbocycles. The minimum absolute atomic E-state index is 0.205. The van der Waals surface area contributed by atoms with E-state index in [2.05, 4.69) is 79.7 Å². The highest BCUT2D eigenvalue weighted by atomic mass is 35.5. The van der Waals surface area contributed by atoms with Gasteiger partial charge in [-0.25, -0.2) is 0 Å². The van der Waals surface area contributed by atoms with E-state index >= 15 is 0 Å². The second-order valence-corrected chi connectivity index (χ2v) is 8.05. The first kappa shape index (κ1) is 16.0. The number of hydrogen-bond donors (Lipinski definition) is 0. The highest BCUT2D eigenvalue weighted by molar-refractivity contribution is 6.35. The molecule has 1 aliphatic rings. The van der Waals surface area contributed by atoms with Crippen LogP contribution in [0.1, 0.15) is 23.6 Å². The van der Waals surface area contributed by atoms with Crippen molar-refractivity contribution in [2.45, 2.75) is 12.3 Å². The van der Waals surface area contributed by atoms with Gasteiger partial charge in [0.25, 0.3) is 0 Å². The SMILES string of the molecule is CC1(c2ccc3oc4c(Cl)cccc4c3c2)c2ccccc2-c2ccccc21. The van der Waals surface area contributed by atoms with Crippen LogP contribution in [0.2, 0.25) is 5.02 Å². The molecule has 0 saturated heterocycles. The van der Waals surface area contributed by atoms with E-state index in [1.165, 1.54) is 27.8 Å². The second kappa shape index (κ2) is 5.50. The van der Waals surface area contributed by atoms with Crippen molar-refractivity contribution >= 4 is 33.5 Å². The summed E-state index contributed by atoms with van der Waals surface area (Å²) in [5.74, 6) is 0. The van der Waals surface area contributed by atoms with Crippen molar-refractivity contribution in [1.82, 2.24) is 0 Å². The predicted molar refractivity (Wildman–Crippen MR) is 116 cm³/mol. The number of fused-ring (bicyclic) bond motifs is 6. The molecule has 0 radical (unpaired) electrons. The monoisotopic (exact) mass is 380 g/mol. The van der Waals surface area contributed by atoms with Gasteiger partial charge >= 0.3 is 0 Å². The first-order valence-corrected chi connectivity index (χ1v) is 9.86. The summed E-state index contributed by atoms with van der Waals surface area (Å²) in [4.78, 5) is 0. The van der Waals surface area contributed by atoms with Crippen LogP contribution in [0.5, 0.6) is 0 Å². The standard InChI is InChI=1S/C26H17ClO/c1-26(21-10-4-2-7-17(21)18-8-3-5-11-22(18)26)16-13-14-24-20(15-16)19-9-6-12-23(27)25(19)28-24/h2-15H,1H3. The molecule has 0 unspecified atom stereocenters. The molecule has 2 heteroatoms. The number of halogens is 1. The zero-order valence-electron chi connectivity index (χ0n) is 15.4. The molecule has 0 fully saturated rings. The lowest BCUT2D eigenvalue weighted by atomic mass is 9.74. The van der Waals surface area contributed by atoms with Gasteiger partial charge in [-0.3, -0.25) is 0 Å². The third-order valence-electron chi connectivity index (χ3n) is 6.25. The topological polar surface area (TPSA) is 13.1 Å². The normalized spacial score (nSPS) is 14.4.